The Kier molecular flexibility index (Phi) is 178. The molecule has 0 spiro atoms. The zero-order valence-corrected chi connectivity index (χ0v) is 34.3. The van der Waals surface area contributed by atoms with Crippen molar-refractivity contribution in [1.82, 2.24) is 0 Å². The van der Waals surface area contributed by atoms with Crippen molar-refractivity contribution >= 4 is 48.9 Å². The van der Waals surface area contributed by atoms with Gasteiger partial charge in [-0.3, -0.25) is 0 Å². The third kappa shape index (κ3) is 183. The number of methoxy groups -OCH3 is 5. The summed E-state index contributed by atoms with van der Waals surface area (Å²) in [6.07, 6.45) is 3.18. The van der Waals surface area contributed by atoms with Gasteiger partial charge in [-0.25, -0.2) is 0 Å². The minimum absolute atomic E-state index is 0. The Balaban J connectivity index is -0.0000000340. The first-order valence-electron chi connectivity index (χ1n) is 12.3. The van der Waals surface area contributed by atoms with E-state index in [0.29, 0.717) is 65.1 Å². The Labute approximate surface area is 326 Å². The molecular formula is C24H57BaCuN2O12Y. The van der Waals surface area contributed by atoms with Crippen molar-refractivity contribution in [3.8, 4) is 0 Å². The minimum atomic E-state index is -0.153. The number of hydrogen-bond acceptors (Lipinski definition) is 14. The van der Waals surface area contributed by atoms with Gasteiger partial charge in [0, 0.05) is 68.6 Å². The van der Waals surface area contributed by atoms with E-state index in [0.717, 1.165) is 0 Å². The quantitative estimate of drug-likeness (QED) is 0.102. The molecule has 14 nitrogen and oxygen atoms in total. The van der Waals surface area contributed by atoms with E-state index in [1.54, 1.807) is 35.5 Å². The zero-order valence-electron chi connectivity index (χ0n) is 26.1. The number of ether oxygens (including phenoxy) is 5. The maximum atomic E-state index is 9.61. The average molecular weight is 856 g/mol. The third-order valence-electron chi connectivity index (χ3n) is 2.70. The van der Waals surface area contributed by atoms with Crippen molar-refractivity contribution in [2.75, 3.05) is 128 Å². The second kappa shape index (κ2) is 104. The van der Waals surface area contributed by atoms with Crippen molar-refractivity contribution < 1.29 is 109 Å². The Morgan fingerprint density at radius 1 is 0.390 bits per heavy atom. The van der Waals surface area contributed by atoms with Gasteiger partial charge in [-0.2, -0.15) is 0 Å². The zero-order chi connectivity index (χ0) is 31.0. The largest absolute Gasteiger partial charge is 3.00 e. The van der Waals surface area contributed by atoms with Gasteiger partial charge in [-0.1, -0.05) is 0 Å². The van der Waals surface area contributed by atoms with E-state index in [9.17, 15) is 35.7 Å². The van der Waals surface area contributed by atoms with Crippen LogP contribution in [0, 0.1) is 0 Å². The van der Waals surface area contributed by atoms with Crippen LogP contribution in [0.25, 0.3) is 0 Å². The number of hydrogen-bond donors (Lipinski definition) is 2. The normalized spacial score (nSPS) is 8.05. The molecule has 0 aliphatic rings. The van der Waals surface area contributed by atoms with E-state index in [1.165, 1.54) is 0 Å². The summed E-state index contributed by atoms with van der Waals surface area (Å²) in [5.74, 6) is 0. The molecule has 1 radical (unpaired) electrons. The van der Waals surface area contributed by atoms with Crippen LogP contribution in [0.4, 0.5) is 0 Å². The molecule has 0 rings (SSSR count). The summed E-state index contributed by atoms with van der Waals surface area (Å²) >= 11 is 0. The standard InChI is InChI=1S/5C4H9O2.2C2H6NO.Ba.Cu.Y/c5*1-6-4-2-3-5;2*3-1-2-4;;;/h5*2-4H2,1H3;2*1-3H2;;;/q7*-1;2*+2;+3. The second-order valence-electron chi connectivity index (χ2n) is 6.24. The molecule has 0 saturated carbocycles. The maximum absolute atomic E-state index is 9.61. The molecule has 0 aliphatic heterocycles. The Bertz CT molecular complexity index is 210. The van der Waals surface area contributed by atoms with Crippen LogP contribution >= 0.6 is 0 Å². The molecule has 4 N–H and O–H groups in total. The molecule has 0 aliphatic carbocycles. The van der Waals surface area contributed by atoms with Gasteiger partial charge in [0.15, 0.2) is 0 Å². The molecule has 0 aromatic carbocycles. The average Bonchev–Trinajstić information content (AvgIpc) is 2.97. The first-order valence-corrected chi connectivity index (χ1v) is 12.3. The summed E-state index contributed by atoms with van der Waals surface area (Å²) in [6, 6.07) is 0. The van der Waals surface area contributed by atoms with E-state index in [-0.39, 0.29) is 158 Å². The molecule has 0 atom stereocenters. The minimum Gasteiger partial charge on any atom is -0.854 e. The predicted molar refractivity (Wildman–Crippen MR) is 140 cm³/mol. The third-order valence-corrected chi connectivity index (χ3v) is 2.70. The van der Waals surface area contributed by atoms with Crippen molar-refractivity contribution in [2.24, 2.45) is 11.5 Å². The van der Waals surface area contributed by atoms with Gasteiger partial charge >= 0.3 is 98.7 Å². The van der Waals surface area contributed by atoms with Crippen LogP contribution in [-0.2, 0) is 73.5 Å². The van der Waals surface area contributed by atoms with Crippen LogP contribution in [0.3, 0.4) is 0 Å². The molecule has 0 aromatic rings. The van der Waals surface area contributed by atoms with Crippen LogP contribution in [0.1, 0.15) is 32.1 Å². The molecule has 0 saturated heterocycles. The van der Waals surface area contributed by atoms with E-state index >= 15 is 0 Å². The molecular weight excluding hydrogens is 798 g/mol. The van der Waals surface area contributed by atoms with Crippen molar-refractivity contribution in [1.29, 1.82) is 0 Å². The van der Waals surface area contributed by atoms with Gasteiger partial charge in [0.05, 0.1) is 0 Å². The Morgan fingerprint density at radius 3 is 0.537 bits per heavy atom. The van der Waals surface area contributed by atoms with Crippen LogP contribution in [0.2, 0.25) is 0 Å². The molecule has 0 heterocycles. The molecule has 17 heteroatoms. The van der Waals surface area contributed by atoms with Gasteiger partial charge in [0.25, 0.3) is 0 Å². The van der Waals surface area contributed by atoms with Crippen LogP contribution in [-0.4, -0.2) is 177 Å². The molecule has 0 aromatic heterocycles. The fraction of sp³-hybridized carbons (Fsp3) is 1.00. The van der Waals surface area contributed by atoms with Gasteiger partial charge in [-0.05, 0) is 45.2 Å². The molecule has 41 heavy (non-hydrogen) atoms. The summed E-state index contributed by atoms with van der Waals surface area (Å²) in [5, 5.41) is 66.4. The first kappa shape index (κ1) is 70.1. The molecule has 0 amide bonds. The van der Waals surface area contributed by atoms with E-state index < -0.39 is 0 Å². The van der Waals surface area contributed by atoms with E-state index in [2.05, 4.69) is 23.7 Å². The Morgan fingerprint density at radius 2 is 0.512 bits per heavy atom. The van der Waals surface area contributed by atoms with Gasteiger partial charge in [0.2, 0.25) is 0 Å². The SMILES string of the molecule is COCCC[O-].COCCC[O-].COCCC[O-].COCCC[O-].COCCC[O-].NCC[O-].NCC[O-].[Ba+2].[Cu+2].[Y+3]. The summed E-state index contributed by atoms with van der Waals surface area (Å²) in [4.78, 5) is 0. The molecule has 251 valence electrons. The van der Waals surface area contributed by atoms with Crippen molar-refractivity contribution in [2.45, 2.75) is 32.1 Å². The van der Waals surface area contributed by atoms with Crippen LogP contribution < -0.4 is 47.2 Å². The molecule has 0 unspecified atom stereocenters. The van der Waals surface area contributed by atoms with Crippen molar-refractivity contribution in [3.05, 3.63) is 0 Å². The summed E-state index contributed by atoms with van der Waals surface area (Å²) in [6.45, 7) is 3.13. The summed E-state index contributed by atoms with van der Waals surface area (Å²) in [5.41, 5.74) is 9.43. The fourth-order valence-corrected chi connectivity index (χ4v) is 1.02. The van der Waals surface area contributed by atoms with Crippen LogP contribution in [0.15, 0.2) is 0 Å². The van der Waals surface area contributed by atoms with E-state index in [4.69, 9.17) is 11.5 Å². The smallest absolute Gasteiger partial charge is 0.854 e. The Hall–Kier alpha value is 2.63. The monoisotopic (exact) mass is 855 g/mol. The summed E-state index contributed by atoms with van der Waals surface area (Å²) in [7, 11) is 7.96. The predicted octanol–water partition coefficient (Wildman–Crippen LogP) is -6.86. The van der Waals surface area contributed by atoms with E-state index in [1.807, 2.05) is 0 Å². The second-order valence-corrected chi connectivity index (χ2v) is 6.24. The first-order chi connectivity index (χ1) is 18.4. The van der Waals surface area contributed by atoms with Gasteiger partial charge in [-0.15, -0.1) is 46.2 Å². The van der Waals surface area contributed by atoms with Gasteiger partial charge in [0.1, 0.15) is 0 Å². The maximum Gasteiger partial charge on any atom is 3.00 e. The number of rotatable bonds is 17. The topological polar surface area (TPSA) is 260 Å². The molecule has 0 bridgehead atoms. The molecule has 0 fully saturated rings. The van der Waals surface area contributed by atoms with Crippen molar-refractivity contribution in [3.63, 3.8) is 0 Å². The fourth-order valence-electron chi connectivity index (χ4n) is 1.02. The van der Waals surface area contributed by atoms with Gasteiger partial charge < -0.3 is 70.9 Å². The summed E-state index contributed by atoms with van der Waals surface area (Å²) < 4.78 is 22.9. The van der Waals surface area contributed by atoms with Crippen LogP contribution in [0.5, 0.6) is 0 Å². The number of nitrogens with two attached hydrogens (primary N) is 2.